The van der Waals surface area contributed by atoms with Gasteiger partial charge in [-0.3, -0.25) is 0 Å². The van der Waals surface area contributed by atoms with Gasteiger partial charge in [0, 0.05) is 1.43 Å². The van der Waals surface area contributed by atoms with Gasteiger partial charge < -0.3 is 4.74 Å². The second-order valence-corrected chi connectivity index (χ2v) is 3.16. The molecule has 82 valence electrons. The van der Waals surface area contributed by atoms with Gasteiger partial charge in [-0.25, -0.2) is 0 Å². The second-order valence-electron chi connectivity index (χ2n) is 3.16. The van der Waals surface area contributed by atoms with Gasteiger partial charge in [-0.1, -0.05) is 37.3 Å². The molecule has 0 spiro atoms. The fourth-order valence-corrected chi connectivity index (χ4v) is 0.303. The molecule has 0 bridgehead atoms. The summed E-state index contributed by atoms with van der Waals surface area (Å²) in [5, 5.41) is 0. The molecule has 0 amide bonds. The summed E-state index contributed by atoms with van der Waals surface area (Å²) < 4.78 is 4.78. The smallest absolute Gasteiger partial charge is 0.111 e. The monoisotopic (exact) mass is 196 g/mol. The lowest BCUT2D eigenvalue weighted by molar-refractivity contribution is 0.309. The van der Waals surface area contributed by atoms with Crippen LogP contribution in [0.1, 0.15) is 28.6 Å². The Balaban J connectivity index is -0.000000208. The van der Waals surface area contributed by atoms with Gasteiger partial charge in [-0.05, 0) is 26.3 Å². The summed E-state index contributed by atoms with van der Waals surface area (Å²) in [4.78, 5) is 0. The number of hydrogen-bond donors (Lipinski definition) is 0. The minimum Gasteiger partial charge on any atom is -0.497 e. The van der Waals surface area contributed by atoms with E-state index in [2.05, 4.69) is 26.7 Å². The van der Waals surface area contributed by atoms with Gasteiger partial charge in [0.1, 0.15) is 5.76 Å². The van der Waals surface area contributed by atoms with Crippen molar-refractivity contribution < 1.29 is 6.16 Å². The third-order valence-electron chi connectivity index (χ3n) is 1.42. The zero-order chi connectivity index (χ0) is 11.6. The van der Waals surface area contributed by atoms with E-state index in [1.54, 1.807) is 13.2 Å². The highest BCUT2D eigenvalue weighted by Gasteiger charge is 1.79. The van der Waals surface area contributed by atoms with Crippen molar-refractivity contribution in [1.82, 2.24) is 0 Å². The maximum atomic E-state index is 4.78. The number of methoxy groups -OCH3 is 1. The first-order valence-corrected chi connectivity index (χ1v) is 4.64. The SMILES string of the molecule is C=C(C)/C=C\C(=C)OC.C=C(C)CC.[HH]. The Morgan fingerprint density at radius 2 is 1.64 bits per heavy atom. The minimum atomic E-state index is 0. The van der Waals surface area contributed by atoms with E-state index in [1.807, 2.05) is 19.9 Å². The van der Waals surface area contributed by atoms with Crippen LogP contribution < -0.4 is 0 Å². The summed E-state index contributed by atoms with van der Waals surface area (Å²) in [6.07, 6.45) is 4.74. The van der Waals surface area contributed by atoms with Crippen LogP contribution in [-0.4, -0.2) is 7.11 Å². The van der Waals surface area contributed by atoms with Crippen LogP contribution in [0.2, 0.25) is 0 Å². The van der Waals surface area contributed by atoms with Gasteiger partial charge in [0.25, 0.3) is 0 Å². The predicted octanol–water partition coefficient (Wildman–Crippen LogP) is 4.50. The second kappa shape index (κ2) is 9.85. The molecule has 0 radical (unpaired) electrons. The molecule has 0 N–H and O–H groups in total. The Hall–Kier alpha value is -1.24. The number of hydrogen-bond acceptors (Lipinski definition) is 1. The molecule has 0 aliphatic heterocycles. The summed E-state index contributed by atoms with van der Waals surface area (Å²) in [6, 6.07) is 0. The fraction of sp³-hybridized carbons (Fsp3) is 0.385. The molecule has 0 aliphatic rings. The van der Waals surface area contributed by atoms with Crippen molar-refractivity contribution in [3.63, 3.8) is 0 Å². The molecule has 1 nitrogen and oxygen atoms in total. The summed E-state index contributed by atoms with van der Waals surface area (Å²) in [7, 11) is 1.59. The van der Waals surface area contributed by atoms with Crippen molar-refractivity contribution in [2.24, 2.45) is 0 Å². The highest BCUT2D eigenvalue weighted by Crippen LogP contribution is 1.96. The van der Waals surface area contributed by atoms with Crippen LogP contribution in [0.3, 0.4) is 0 Å². The third-order valence-corrected chi connectivity index (χ3v) is 1.42. The Labute approximate surface area is 90.0 Å². The Kier molecular flexibility index (Phi) is 10.7. The van der Waals surface area contributed by atoms with Crippen LogP contribution >= 0.6 is 0 Å². The predicted molar refractivity (Wildman–Crippen MR) is 67.3 cm³/mol. The van der Waals surface area contributed by atoms with Crippen LogP contribution in [0.4, 0.5) is 0 Å². The van der Waals surface area contributed by atoms with E-state index in [1.165, 1.54) is 5.57 Å². The first-order valence-electron chi connectivity index (χ1n) is 4.64. The van der Waals surface area contributed by atoms with Crippen molar-refractivity contribution >= 4 is 0 Å². The summed E-state index contributed by atoms with van der Waals surface area (Å²) in [6.45, 7) is 17.0. The molecule has 0 saturated heterocycles. The number of rotatable bonds is 4. The van der Waals surface area contributed by atoms with Crippen LogP contribution in [0.25, 0.3) is 0 Å². The van der Waals surface area contributed by atoms with Crippen molar-refractivity contribution in [3.8, 4) is 0 Å². The highest BCUT2D eigenvalue weighted by molar-refractivity contribution is 5.18. The van der Waals surface area contributed by atoms with Gasteiger partial charge in [-0.2, -0.15) is 0 Å². The molecule has 0 aromatic heterocycles. The van der Waals surface area contributed by atoms with Gasteiger partial charge in [0.15, 0.2) is 0 Å². The van der Waals surface area contributed by atoms with Gasteiger partial charge in [0.05, 0.1) is 7.11 Å². The number of ether oxygens (including phenoxy) is 1. The molecule has 0 saturated carbocycles. The Morgan fingerprint density at radius 1 is 1.21 bits per heavy atom. The number of allylic oxidation sites excluding steroid dienone is 4. The quantitative estimate of drug-likeness (QED) is 0.365. The maximum Gasteiger partial charge on any atom is 0.111 e. The van der Waals surface area contributed by atoms with Crippen molar-refractivity contribution in [2.45, 2.75) is 27.2 Å². The molecule has 0 atom stereocenters. The van der Waals surface area contributed by atoms with E-state index in [-0.39, 0.29) is 1.43 Å². The molecule has 0 unspecified atom stereocenters. The lowest BCUT2D eigenvalue weighted by Gasteiger charge is -1.93. The summed E-state index contributed by atoms with van der Waals surface area (Å²) in [5.41, 5.74) is 2.25. The first-order chi connectivity index (χ1) is 6.43. The van der Waals surface area contributed by atoms with Crippen LogP contribution in [0.15, 0.2) is 48.8 Å². The first kappa shape index (κ1) is 15.2. The lowest BCUT2D eigenvalue weighted by Crippen LogP contribution is -1.76. The third kappa shape index (κ3) is 17.0. The molecule has 0 rings (SSSR count). The molecule has 14 heavy (non-hydrogen) atoms. The van der Waals surface area contributed by atoms with E-state index >= 15 is 0 Å². The molecule has 1 heteroatoms. The van der Waals surface area contributed by atoms with Gasteiger partial charge >= 0.3 is 0 Å². The molecule has 0 heterocycles. The average molecular weight is 196 g/mol. The zero-order valence-corrected chi connectivity index (χ0v) is 9.89. The van der Waals surface area contributed by atoms with Gasteiger partial charge in [-0.15, -0.1) is 6.58 Å². The highest BCUT2D eigenvalue weighted by atomic mass is 16.5. The van der Waals surface area contributed by atoms with E-state index in [0.29, 0.717) is 5.76 Å². The van der Waals surface area contributed by atoms with E-state index < -0.39 is 0 Å². The zero-order valence-electron chi connectivity index (χ0n) is 9.89. The summed E-state index contributed by atoms with van der Waals surface area (Å²) >= 11 is 0. The molecule has 0 fully saturated rings. The van der Waals surface area contributed by atoms with Crippen molar-refractivity contribution in [1.29, 1.82) is 0 Å². The van der Waals surface area contributed by atoms with Crippen molar-refractivity contribution in [2.75, 3.05) is 7.11 Å². The topological polar surface area (TPSA) is 9.23 Å². The van der Waals surface area contributed by atoms with Crippen LogP contribution in [0, 0.1) is 0 Å². The molecular weight excluding hydrogens is 172 g/mol. The average Bonchev–Trinajstić information content (AvgIpc) is 2.14. The molecule has 0 aliphatic carbocycles. The normalized spacial score (nSPS) is 8.86. The molecule has 0 aromatic rings. The summed E-state index contributed by atoms with van der Waals surface area (Å²) in [5.74, 6) is 0.651. The van der Waals surface area contributed by atoms with E-state index in [9.17, 15) is 0 Å². The van der Waals surface area contributed by atoms with Gasteiger partial charge in [0.2, 0.25) is 0 Å². The van der Waals surface area contributed by atoms with Crippen molar-refractivity contribution in [3.05, 3.63) is 48.8 Å². The van der Waals surface area contributed by atoms with Crippen LogP contribution in [-0.2, 0) is 4.74 Å². The van der Waals surface area contributed by atoms with E-state index in [0.717, 1.165) is 12.0 Å². The van der Waals surface area contributed by atoms with E-state index in [4.69, 9.17) is 4.74 Å². The molecular formula is C13H24O. The largest absolute Gasteiger partial charge is 0.497 e. The fourth-order valence-electron chi connectivity index (χ4n) is 0.303. The maximum absolute atomic E-state index is 4.78. The Bertz CT molecular complexity index is 227. The lowest BCUT2D eigenvalue weighted by atomic mass is 10.3. The van der Waals surface area contributed by atoms with Crippen LogP contribution in [0.5, 0.6) is 0 Å². The Morgan fingerprint density at radius 3 is 1.86 bits per heavy atom. The molecule has 0 aromatic carbocycles. The minimum absolute atomic E-state index is 0. The standard InChI is InChI=1S/C8H12O.C5H10.H2/c1-7(2)5-6-8(3)9-4;1-4-5(2)3;/h5-6H,1,3H2,2,4H3;2,4H2,1,3H3;1H/b6-5-;;.